The molecule has 0 saturated carbocycles. The molecular formula is C35H38F6N4O. The van der Waals surface area contributed by atoms with Crippen molar-refractivity contribution in [3.8, 4) is 11.3 Å². The quantitative estimate of drug-likeness (QED) is 0.115. The number of aromatic nitrogens is 1. The molecule has 5 nitrogen and oxygen atoms in total. The minimum absolute atomic E-state index is 0.0714. The molecule has 2 atom stereocenters. The molecule has 11 heteroatoms. The smallest absolute Gasteiger partial charge is 0.387 e. The predicted octanol–water partition coefficient (Wildman–Crippen LogP) is 7.46. The van der Waals surface area contributed by atoms with Gasteiger partial charge in [-0.2, -0.15) is 26.3 Å². The van der Waals surface area contributed by atoms with E-state index in [1.54, 1.807) is 6.08 Å². The first kappa shape index (κ1) is 35.1. The van der Waals surface area contributed by atoms with Crippen molar-refractivity contribution in [1.82, 2.24) is 20.1 Å². The second kappa shape index (κ2) is 15.7. The summed E-state index contributed by atoms with van der Waals surface area (Å²) in [6.07, 6.45) is -4.55. The highest BCUT2D eigenvalue weighted by atomic mass is 19.4. The zero-order valence-corrected chi connectivity index (χ0v) is 25.4. The van der Waals surface area contributed by atoms with Crippen LogP contribution in [0.25, 0.3) is 11.3 Å². The Morgan fingerprint density at radius 3 is 2.15 bits per heavy atom. The zero-order valence-electron chi connectivity index (χ0n) is 25.4. The second-order valence-corrected chi connectivity index (χ2v) is 11.1. The van der Waals surface area contributed by atoms with Crippen LogP contribution >= 0.6 is 0 Å². The van der Waals surface area contributed by atoms with Crippen molar-refractivity contribution in [3.63, 3.8) is 0 Å². The van der Waals surface area contributed by atoms with Crippen molar-refractivity contribution in [2.24, 2.45) is 0 Å². The van der Waals surface area contributed by atoms with Gasteiger partial charge in [0, 0.05) is 43.9 Å². The molecular weight excluding hydrogens is 606 g/mol. The third-order valence-corrected chi connectivity index (χ3v) is 7.98. The number of nitrogens with one attached hydrogen (secondary N) is 1. The third kappa shape index (κ3) is 9.16. The van der Waals surface area contributed by atoms with E-state index in [-0.39, 0.29) is 23.8 Å². The lowest BCUT2D eigenvalue weighted by Crippen LogP contribution is -2.48. The molecule has 1 aliphatic rings. The Labute approximate surface area is 265 Å². The Bertz CT molecular complexity index is 1460. The second-order valence-electron chi connectivity index (χ2n) is 11.1. The Morgan fingerprint density at radius 2 is 1.57 bits per heavy atom. The van der Waals surface area contributed by atoms with Crippen molar-refractivity contribution < 1.29 is 31.4 Å². The molecule has 0 spiro atoms. The summed E-state index contributed by atoms with van der Waals surface area (Å²) < 4.78 is 80.3. The largest absolute Gasteiger partial charge is 0.433 e. The number of allylic oxidation sites excluding steroid dienone is 2. The molecule has 2 unspecified atom stereocenters. The van der Waals surface area contributed by atoms with Crippen LogP contribution in [0, 0.1) is 0 Å². The molecule has 0 radical (unpaired) electrons. The number of nitrogens with zero attached hydrogens (tertiary/aromatic N) is 3. The van der Waals surface area contributed by atoms with Gasteiger partial charge in [0.2, 0.25) is 0 Å². The van der Waals surface area contributed by atoms with E-state index >= 15 is 0 Å². The van der Waals surface area contributed by atoms with E-state index in [2.05, 4.69) is 45.4 Å². The first-order chi connectivity index (χ1) is 21.9. The molecule has 0 aliphatic carbocycles. The van der Waals surface area contributed by atoms with Gasteiger partial charge in [0.05, 0.1) is 23.4 Å². The maximum Gasteiger partial charge on any atom is 0.433 e. The first-order valence-corrected chi connectivity index (χ1v) is 15.0. The summed E-state index contributed by atoms with van der Waals surface area (Å²) in [5.74, 6) is 0. The molecule has 246 valence electrons. The molecule has 46 heavy (non-hydrogen) atoms. The molecule has 2 heterocycles. The van der Waals surface area contributed by atoms with Gasteiger partial charge in [-0.1, -0.05) is 79.9 Å². The number of piperazine rings is 1. The van der Waals surface area contributed by atoms with E-state index in [1.165, 1.54) is 11.6 Å². The van der Waals surface area contributed by atoms with Crippen LogP contribution in [-0.2, 0) is 12.4 Å². The van der Waals surface area contributed by atoms with Gasteiger partial charge < -0.3 is 15.3 Å². The standard InChI is InChI=1S/C35H38F6N4O/c1-3-9-25(4-2)32(27-10-6-5-7-11-27)45-22-20-44(21-23-45)19-8-18-42-24-31(46)29-16-17-30(43-33(29)35(39,40)41)26-12-14-28(15-13-26)34(36,37)38/h3-7,9-17,31-32,42,46H,1-2,8,18-24H2/b25-9+. The van der Waals surface area contributed by atoms with Crippen LogP contribution in [-0.4, -0.2) is 65.7 Å². The number of pyridine rings is 1. The Kier molecular flexibility index (Phi) is 12.0. The minimum atomic E-state index is -4.87. The summed E-state index contributed by atoms with van der Waals surface area (Å²) in [4.78, 5) is 8.44. The Hall–Kier alpha value is -3.77. The minimum Gasteiger partial charge on any atom is -0.387 e. The lowest BCUT2D eigenvalue weighted by molar-refractivity contribution is -0.142. The number of hydrogen-bond donors (Lipinski definition) is 2. The molecule has 4 rings (SSSR count). The highest BCUT2D eigenvalue weighted by Crippen LogP contribution is 2.36. The Morgan fingerprint density at radius 1 is 0.891 bits per heavy atom. The van der Waals surface area contributed by atoms with Crippen LogP contribution in [0.4, 0.5) is 26.3 Å². The summed E-state index contributed by atoms with van der Waals surface area (Å²) in [5.41, 5.74) is -0.359. The van der Waals surface area contributed by atoms with E-state index in [0.29, 0.717) is 6.54 Å². The lowest BCUT2D eigenvalue weighted by atomic mass is 9.95. The van der Waals surface area contributed by atoms with Gasteiger partial charge >= 0.3 is 12.4 Å². The molecule has 1 aliphatic heterocycles. The van der Waals surface area contributed by atoms with Gasteiger partial charge in [0.15, 0.2) is 5.69 Å². The van der Waals surface area contributed by atoms with Crippen molar-refractivity contribution in [2.45, 2.75) is 30.9 Å². The normalized spacial score (nSPS) is 16.6. The monoisotopic (exact) mass is 644 g/mol. The summed E-state index contributed by atoms with van der Waals surface area (Å²) in [6, 6.07) is 16.4. The number of aliphatic hydroxyl groups is 1. The van der Waals surface area contributed by atoms with Crippen molar-refractivity contribution in [3.05, 3.63) is 126 Å². The van der Waals surface area contributed by atoms with Crippen LogP contribution < -0.4 is 5.32 Å². The van der Waals surface area contributed by atoms with E-state index in [0.717, 1.165) is 75.0 Å². The van der Waals surface area contributed by atoms with Gasteiger partial charge in [0.1, 0.15) is 0 Å². The van der Waals surface area contributed by atoms with E-state index in [9.17, 15) is 31.4 Å². The number of rotatable bonds is 13. The predicted molar refractivity (Wildman–Crippen MR) is 168 cm³/mol. The van der Waals surface area contributed by atoms with Gasteiger partial charge in [-0.05, 0) is 48.8 Å². The average Bonchev–Trinajstić information content (AvgIpc) is 3.04. The number of benzene rings is 2. The molecule has 0 amide bonds. The molecule has 1 saturated heterocycles. The van der Waals surface area contributed by atoms with E-state index in [1.807, 2.05) is 30.4 Å². The van der Waals surface area contributed by atoms with Crippen LogP contribution in [0.5, 0.6) is 0 Å². The number of alkyl halides is 6. The molecule has 2 N–H and O–H groups in total. The van der Waals surface area contributed by atoms with Crippen LogP contribution in [0.2, 0.25) is 0 Å². The number of hydrogen-bond acceptors (Lipinski definition) is 5. The third-order valence-electron chi connectivity index (χ3n) is 7.98. The van der Waals surface area contributed by atoms with Gasteiger partial charge in [0.25, 0.3) is 0 Å². The highest BCUT2D eigenvalue weighted by molar-refractivity contribution is 5.60. The number of aliphatic hydroxyl groups excluding tert-OH is 1. The summed E-state index contributed by atoms with van der Waals surface area (Å²) in [6.45, 7) is 12.4. The first-order valence-electron chi connectivity index (χ1n) is 15.0. The lowest BCUT2D eigenvalue weighted by Gasteiger charge is -2.40. The SMILES string of the molecule is C=C/C=C(\C=C)C(c1ccccc1)N1CCN(CCCNCC(O)c2ccc(-c3ccc(C(F)(F)F)cc3)nc2C(F)(F)F)CC1. The van der Waals surface area contributed by atoms with Crippen molar-refractivity contribution in [1.29, 1.82) is 0 Å². The molecule has 3 aromatic rings. The summed E-state index contributed by atoms with van der Waals surface area (Å²) in [7, 11) is 0. The average molecular weight is 645 g/mol. The summed E-state index contributed by atoms with van der Waals surface area (Å²) >= 11 is 0. The number of halogens is 6. The van der Waals surface area contributed by atoms with Gasteiger partial charge in [-0.15, -0.1) is 0 Å². The fraction of sp³-hybridized carbons (Fsp3) is 0.343. The summed E-state index contributed by atoms with van der Waals surface area (Å²) in [5, 5.41) is 13.7. The van der Waals surface area contributed by atoms with Gasteiger partial charge in [-0.3, -0.25) is 4.90 Å². The maximum atomic E-state index is 13.9. The highest BCUT2D eigenvalue weighted by Gasteiger charge is 2.37. The van der Waals surface area contributed by atoms with Crippen molar-refractivity contribution in [2.75, 3.05) is 45.8 Å². The molecule has 1 aromatic heterocycles. The fourth-order valence-corrected chi connectivity index (χ4v) is 5.63. The van der Waals surface area contributed by atoms with Crippen LogP contribution in [0.15, 0.2) is 104 Å². The van der Waals surface area contributed by atoms with Gasteiger partial charge in [-0.25, -0.2) is 4.98 Å². The molecule has 0 bridgehead atoms. The maximum absolute atomic E-state index is 13.9. The fourth-order valence-electron chi connectivity index (χ4n) is 5.63. The van der Waals surface area contributed by atoms with Crippen molar-refractivity contribution >= 4 is 0 Å². The molecule has 1 fully saturated rings. The zero-order chi connectivity index (χ0) is 33.3. The van der Waals surface area contributed by atoms with E-state index < -0.39 is 35.3 Å². The topological polar surface area (TPSA) is 51.6 Å². The Balaban J connectivity index is 1.28. The molecule has 2 aromatic carbocycles. The van der Waals surface area contributed by atoms with Crippen LogP contribution in [0.1, 0.15) is 41.0 Å². The van der Waals surface area contributed by atoms with Crippen LogP contribution in [0.3, 0.4) is 0 Å². The van der Waals surface area contributed by atoms with E-state index in [4.69, 9.17) is 0 Å².